The minimum absolute atomic E-state index is 0.0211. The van der Waals surface area contributed by atoms with Crippen molar-refractivity contribution in [1.29, 1.82) is 0 Å². The van der Waals surface area contributed by atoms with Crippen molar-refractivity contribution in [1.82, 2.24) is 9.88 Å². The van der Waals surface area contributed by atoms with E-state index in [0.29, 0.717) is 24.5 Å². The molecule has 1 aromatic heterocycles. The molecule has 82 valence electrons. The molecule has 1 fully saturated rings. The summed E-state index contributed by atoms with van der Waals surface area (Å²) in [5.74, 6) is -0.0211. The molecule has 0 aromatic carbocycles. The maximum Gasteiger partial charge on any atom is 0.407 e. The normalized spacial score (nSPS) is 23.0. The predicted molar refractivity (Wildman–Crippen MR) is 54.8 cm³/mol. The molecule has 1 saturated heterocycles. The topological polar surface area (TPSA) is 73.7 Å². The van der Waals surface area contributed by atoms with Crippen LogP contribution >= 0.6 is 11.3 Å². The Labute approximate surface area is 91.0 Å². The average Bonchev–Trinajstić information content (AvgIpc) is 2.88. The third-order valence-corrected chi connectivity index (χ3v) is 3.49. The molecule has 1 aliphatic heterocycles. The highest BCUT2D eigenvalue weighted by molar-refractivity contribution is 7.09. The highest BCUT2D eigenvalue weighted by Crippen LogP contribution is 2.30. The number of hydrogen-bond donors (Lipinski definition) is 2. The van der Waals surface area contributed by atoms with Crippen LogP contribution in [0.2, 0.25) is 0 Å². The smallest absolute Gasteiger partial charge is 0.407 e. The van der Waals surface area contributed by atoms with Crippen molar-refractivity contribution in [3.8, 4) is 0 Å². The Morgan fingerprint density at radius 1 is 1.73 bits per heavy atom. The number of nitrogens with zero attached hydrogens (tertiary/aromatic N) is 2. The Morgan fingerprint density at radius 3 is 3.07 bits per heavy atom. The third-order valence-electron chi connectivity index (χ3n) is 2.65. The van der Waals surface area contributed by atoms with Crippen LogP contribution in [0.5, 0.6) is 0 Å². The molecule has 0 bridgehead atoms. The number of amides is 1. The van der Waals surface area contributed by atoms with Gasteiger partial charge in [-0.25, -0.2) is 9.78 Å². The number of carboxylic acid groups (broad SMARTS) is 1. The number of aliphatic hydroxyl groups excluding tert-OH is 1. The Bertz CT molecular complexity index is 341. The Kier molecular flexibility index (Phi) is 2.88. The first-order valence-electron chi connectivity index (χ1n) is 4.74. The van der Waals surface area contributed by atoms with E-state index in [1.165, 1.54) is 16.2 Å². The summed E-state index contributed by atoms with van der Waals surface area (Å²) in [5, 5.41) is 21.2. The van der Waals surface area contributed by atoms with Gasteiger partial charge in [0.25, 0.3) is 0 Å². The van der Waals surface area contributed by atoms with Crippen LogP contribution < -0.4 is 0 Å². The molecule has 0 spiro atoms. The van der Waals surface area contributed by atoms with Crippen molar-refractivity contribution in [2.45, 2.75) is 12.5 Å². The summed E-state index contributed by atoms with van der Waals surface area (Å²) >= 11 is 1.40. The molecule has 0 unspecified atom stereocenters. The van der Waals surface area contributed by atoms with E-state index in [9.17, 15) is 9.90 Å². The lowest BCUT2D eigenvalue weighted by Crippen LogP contribution is -2.27. The molecule has 2 atom stereocenters. The molecular weight excluding hydrogens is 216 g/mol. The van der Waals surface area contributed by atoms with Crippen LogP contribution in [0.4, 0.5) is 4.79 Å². The zero-order chi connectivity index (χ0) is 10.8. The molecule has 1 amide bonds. The van der Waals surface area contributed by atoms with Crippen LogP contribution in [-0.4, -0.2) is 39.3 Å². The number of likely N-dealkylation sites (tertiary alicyclic amines) is 1. The lowest BCUT2D eigenvalue weighted by molar-refractivity contribution is 0.107. The Hall–Kier alpha value is -1.14. The average molecular weight is 228 g/mol. The van der Waals surface area contributed by atoms with Crippen molar-refractivity contribution < 1.29 is 15.0 Å². The summed E-state index contributed by atoms with van der Waals surface area (Å²) in [4.78, 5) is 16.1. The summed E-state index contributed by atoms with van der Waals surface area (Å²) in [6.45, 7) is 0.901. The first-order valence-corrected chi connectivity index (χ1v) is 5.62. The predicted octanol–water partition coefficient (Wildman–Crippen LogP) is 1.18. The fourth-order valence-electron chi connectivity index (χ4n) is 1.80. The fraction of sp³-hybridized carbons (Fsp3) is 0.556. The van der Waals surface area contributed by atoms with Gasteiger partial charge in [0, 0.05) is 30.6 Å². The highest BCUT2D eigenvalue weighted by atomic mass is 32.1. The van der Waals surface area contributed by atoms with Gasteiger partial charge in [-0.05, 0) is 6.42 Å². The number of rotatable bonds is 2. The van der Waals surface area contributed by atoms with Crippen LogP contribution in [0.25, 0.3) is 0 Å². The molecule has 2 rings (SSSR count). The van der Waals surface area contributed by atoms with Gasteiger partial charge in [-0.1, -0.05) is 0 Å². The van der Waals surface area contributed by atoms with Gasteiger partial charge in [0.2, 0.25) is 0 Å². The van der Waals surface area contributed by atoms with Gasteiger partial charge in [-0.2, -0.15) is 0 Å². The maximum absolute atomic E-state index is 10.7. The van der Waals surface area contributed by atoms with Crippen LogP contribution in [0.1, 0.15) is 17.5 Å². The van der Waals surface area contributed by atoms with E-state index in [2.05, 4.69) is 4.98 Å². The number of aliphatic hydroxyl groups is 1. The Balaban J connectivity index is 1.99. The number of thiazole rings is 1. The molecule has 0 radical (unpaired) electrons. The van der Waals surface area contributed by atoms with Crippen molar-refractivity contribution in [3.63, 3.8) is 0 Å². The molecule has 2 heterocycles. The molecule has 5 nitrogen and oxygen atoms in total. The summed E-state index contributed by atoms with van der Waals surface area (Å²) < 4.78 is 0. The molecule has 6 heteroatoms. The second kappa shape index (κ2) is 4.16. The standard InChI is InChI=1S/C9H12N2O3S/c12-7(8-10-2-4-15-8)6-1-3-11(5-6)9(13)14/h2,4,6-7,12H,1,3,5H2,(H,13,14)/t6-,7+/m0/s1. The molecule has 1 aromatic rings. The van der Waals surface area contributed by atoms with Crippen LogP contribution in [0.15, 0.2) is 11.6 Å². The summed E-state index contributed by atoms with van der Waals surface area (Å²) in [5.41, 5.74) is 0. The van der Waals surface area contributed by atoms with E-state index in [-0.39, 0.29) is 5.92 Å². The molecule has 2 N–H and O–H groups in total. The van der Waals surface area contributed by atoms with Crippen molar-refractivity contribution >= 4 is 17.4 Å². The first kappa shape index (κ1) is 10.4. The van der Waals surface area contributed by atoms with Crippen LogP contribution in [-0.2, 0) is 0 Å². The third kappa shape index (κ3) is 2.10. The van der Waals surface area contributed by atoms with E-state index in [1.807, 2.05) is 5.38 Å². The van der Waals surface area contributed by atoms with E-state index >= 15 is 0 Å². The fourth-order valence-corrected chi connectivity index (χ4v) is 2.52. The van der Waals surface area contributed by atoms with Gasteiger partial charge in [-0.15, -0.1) is 11.3 Å². The van der Waals surface area contributed by atoms with Crippen LogP contribution in [0, 0.1) is 5.92 Å². The van der Waals surface area contributed by atoms with E-state index in [1.54, 1.807) is 6.20 Å². The zero-order valence-electron chi connectivity index (χ0n) is 8.04. The monoisotopic (exact) mass is 228 g/mol. The number of carbonyl (C=O) groups is 1. The van der Waals surface area contributed by atoms with Crippen molar-refractivity contribution in [3.05, 3.63) is 16.6 Å². The van der Waals surface area contributed by atoms with E-state index in [0.717, 1.165) is 0 Å². The molecular formula is C9H12N2O3S. The minimum Gasteiger partial charge on any atom is -0.465 e. The van der Waals surface area contributed by atoms with Gasteiger partial charge in [0.15, 0.2) is 0 Å². The van der Waals surface area contributed by atoms with Gasteiger partial charge in [-0.3, -0.25) is 0 Å². The number of hydrogen-bond acceptors (Lipinski definition) is 4. The molecule has 0 aliphatic carbocycles. The van der Waals surface area contributed by atoms with Crippen molar-refractivity contribution in [2.24, 2.45) is 5.92 Å². The summed E-state index contributed by atoms with van der Waals surface area (Å²) in [6.07, 6.45) is 0.804. The lowest BCUT2D eigenvalue weighted by Gasteiger charge is -2.16. The van der Waals surface area contributed by atoms with Crippen molar-refractivity contribution in [2.75, 3.05) is 13.1 Å². The van der Waals surface area contributed by atoms with Gasteiger partial charge in [0.1, 0.15) is 11.1 Å². The largest absolute Gasteiger partial charge is 0.465 e. The SMILES string of the molecule is O=C(O)N1CC[C@H]([C@@H](O)c2nccs2)C1. The quantitative estimate of drug-likeness (QED) is 0.797. The van der Waals surface area contributed by atoms with E-state index < -0.39 is 12.2 Å². The first-order chi connectivity index (χ1) is 7.18. The van der Waals surface area contributed by atoms with E-state index in [4.69, 9.17) is 5.11 Å². The van der Waals surface area contributed by atoms with Crippen LogP contribution in [0.3, 0.4) is 0 Å². The highest BCUT2D eigenvalue weighted by Gasteiger charge is 2.32. The second-order valence-electron chi connectivity index (χ2n) is 3.59. The summed E-state index contributed by atoms with van der Waals surface area (Å²) in [7, 11) is 0. The zero-order valence-corrected chi connectivity index (χ0v) is 8.85. The van der Waals surface area contributed by atoms with Gasteiger partial charge in [0.05, 0.1) is 0 Å². The maximum atomic E-state index is 10.7. The lowest BCUT2D eigenvalue weighted by atomic mass is 10.0. The molecule has 1 aliphatic rings. The minimum atomic E-state index is -0.913. The van der Waals surface area contributed by atoms with Gasteiger partial charge >= 0.3 is 6.09 Å². The molecule has 0 saturated carbocycles. The summed E-state index contributed by atoms with van der Waals surface area (Å²) in [6, 6.07) is 0. The Morgan fingerprint density at radius 2 is 2.53 bits per heavy atom. The van der Waals surface area contributed by atoms with Gasteiger partial charge < -0.3 is 15.1 Å². The number of aromatic nitrogens is 1. The molecule has 15 heavy (non-hydrogen) atoms. The second-order valence-corrected chi connectivity index (χ2v) is 4.52.